The van der Waals surface area contributed by atoms with Crippen LogP contribution in [0.5, 0.6) is 5.75 Å². The number of carbonyl (C=O) groups excluding carboxylic acids is 2. The molecular formula is C19H28N4O4. The second kappa shape index (κ2) is 8.14. The molecule has 1 aromatic carbocycles. The molecule has 2 N–H and O–H groups in total. The lowest BCUT2D eigenvalue weighted by atomic mass is 10.2. The Morgan fingerprint density at radius 3 is 2.81 bits per heavy atom. The van der Waals surface area contributed by atoms with E-state index in [2.05, 4.69) is 29.4 Å². The molecule has 8 nitrogen and oxygen atoms in total. The van der Waals surface area contributed by atoms with Gasteiger partial charge in [0.15, 0.2) is 6.61 Å². The molecule has 27 heavy (non-hydrogen) atoms. The highest BCUT2D eigenvalue weighted by Gasteiger charge is 2.35. The van der Waals surface area contributed by atoms with Gasteiger partial charge in [0.1, 0.15) is 5.75 Å². The summed E-state index contributed by atoms with van der Waals surface area (Å²) in [5.41, 5.74) is 1.28. The Bertz CT molecular complexity index is 709. The summed E-state index contributed by atoms with van der Waals surface area (Å²) in [4.78, 5) is 28.4. The molecule has 148 valence electrons. The zero-order chi connectivity index (χ0) is 19.6. The van der Waals surface area contributed by atoms with Crippen molar-refractivity contribution in [2.24, 2.45) is 0 Å². The van der Waals surface area contributed by atoms with Crippen LogP contribution in [0.4, 0.5) is 16.2 Å². The van der Waals surface area contributed by atoms with Crippen LogP contribution in [-0.4, -0.2) is 68.4 Å². The first-order chi connectivity index (χ1) is 12.9. The highest BCUT2D eigenvalue weighted by atomic mass is 16.5. The van der Waals surface area contributed by atoms with Gasteiger partial charge in [0.2, 0.25) is 0 Å². The fourth-order valence-electron chi connectivity index (χ4n) is 3.56. The molecule has 8 heteroatoms. The molecular weight excluding hydrogens is 348 g/mol. The van der Waals surface area contributed by atoms with Crippen LogP contribution in [0.2, 0.25) is 0 Å². The van der Waals surface area contributed by atoms with E-state index in [1.54, 1.807) is 30.2 Å². The van der Waals surface area contributed by atoms with Gasteiger partial charge >= 0.3 is 6.03 Å². The number of urea groups is 1. The summed E-state index contributed by atoms with van der Waals surface area (Å²) < 4.78 is 11.0. The third kappa shape index (κ3) is 4.17. The van der Waals surface area contributed by atoms with E-state index >= 15 is 0 Å². The second-order valence-electron chi connectivity index (χ2n) is 7.14. The normalized spacial score (nSPS) is 22.6. The van der Waals surface area contributed by atoms with Crippen molar-refractivity contribution in [1.82, 2.24) is 10.2 Å². The van der Waals surface area contributed by atoms with Gasteiger partial charge in [-0.1, -0.05) is 0 Å². The average molecular weight is 376 g/mol. The van der Waals surface area contributed by atoms with E-state index in [1.807, 2.05) is 6.92 Å². The molecule has 0 aliphatic carbocycles. The Morgan fingerprint density at radius 1 is 1.37 bits per heavy atom. The molecule has 2 heterocycles. The summed E-state index contributed by atoms with van der Waals surface area (Å²) in [5.74, 6) is 0.555. The Hall–Kier alpha value is -2.32. The zero-order valence-electron chi connectivity index (χ0n) is 16.3. The number of nitrogens with one attached hydrogen (secondary N) is 2. The predicted octanol–water partition coefficient (Wildman–Crippen LogP) is 1.66. The van der Waals surface area contributed by atoms with Crippen LogP contribution in [0.15, 0.2) is 18.2 Å². The van der Waals surface area contributed by atoms with E-state index in [-0.39, 0.29) is 30.7 Å². The fourth-order valence-corrected chi connectivity index (χ4v) is 3.56. The summed E-state index contributed by atoms with van der Waals surface area (Å²) in [5, 5.41) is 5.85. The molecule has 3 amide bonds. The van der Waals surface area contributed by atoms with Gasteiger partial charge in [0, 0.05) is 38.5 Å². The molecule has 2 aliphatic rings. The molecule has 2 atom stereocenters. The number of anilines is 2. The lowest BCUT2D eigenvalue weighted by Gasteiger charge is -2.28. The third-order valence-corrected chi connectivity index (χ3v) is 5.12. The number of hydrogen-bond acceptors (Lipinski definition) is 5. The summed E-state index contributed by atoms with van der Waals surface area (Å²) in [6.45, 7) is 8.30. The maximum Gasteiger partial charge on any atom is 0.319 e. The van der Waals surface area contributed by atoms with Crippen molar-refractivity contribution in [3.8, 4) is 5.75 Å². The highest BCUT2D eigenvalue weighted by Crippen LogP contribution is 2.34. The van der Waals surface area contributed by atoms with E-state index in [9.17, 15) is 9.59 Å². The first-order valence-corrected chi connectivity index (χ1v) is 9.34. The Morgan fingerprint density at radius 2 is 2.15 bits per heavy atom. The number of hydrogen-bond donors (Lipinski definition) is 2. The number of carbonyl (C=O) groups is 2. The predicted molar refractivity (Wildman–Crippen MR) is 103 cm³/mol. The summed E-state index contributed by atoms with van der Waals surface area (Å²) in [6.07, 6.45) is -0.0386. The number of benzene rings is 1. The standard InChI is InChI=1S/C19H28N4O4/c1-5-23-15-8-13(6-7-16(15)27-11-18(23)24)20-19(25)21-14-9-22(12(2)3)10-17(14)26-4/h6-8,12,14,17H,5,9-11H2,1-4H3,(H2,20,21,25)/t14-,17-/m0/s1. The smallest absolute Gasteiger partial charge is 0.319 e. The Balaban J connectivity index is 1.66. The molecule has 1 aromatic rings. The minimum Gasteiger partial charge on any atom is -0.482 e. The van der Waals surface area contributed by atoms with E-state index in [1.165, 1.54) is 0 Å². The first kappa shape index (κ1) is 19.4. The molecule has 0 unspecified atom stereocenters. The largest absolute Gasteiger partial charge is 0.482 e. The lowest BCUT2D eigenvalue weighted by molar-refractivity contribution is -0.121. The monoisotopic (exact) mass is 376 g/mol. The highest BCUT2D eigenvalue weighted by molar-refractivity contribution is 5.99. The third-order valence-electron chi connectivity index (χ3n) is 5.12. The van der Waals surface area contributed by atoms with Crippen LogP contribution in [0, 0.1) is 0 Å². The molecule has 0 aromatic heterocycles. The quantitative estimate of drug-likeness (QED) is 0.817. The number of rotatable bonds is 5. The summed E-state index contributed by atoms with van der Waals surface area (Å²) in [7, 11) is 1.67. The van der Waals surface area contributed by atoms with Gasteiger partial charge in [0.05, 0.1) is 17.8 Å². The van der Waals surface area contributed by atoms with Gasteiger partial charge in [-0.3, -0.25) is 9.69 Å². The van der Waals surface area contributed by atoms with E-state index in [0.717, 1.165) is 13.1 Å². The maximum atomic E-state index is 12.5. The van der Waals surface area contributed by atoms with Crippen molar-refractivity contribution in [2.75, 3.05) is 43.6 Å². The Labute approximate surface area is 159 Å². The van der Waals surface area contributed by atoms with Crippen LogP contribution in [-0.2, 0) is 9.53 Å². The fraction of sp³-hybridized carbons (Fsp3) is 0.579. The number of ether oxygens (including phenoxy) is 2. The SMILES string of the molecule is CCN1C(=O)COc2ccc(NC(=O)N[C@H]3CN(C(C)C)C[C@@H]3OC)cc21. The van der Waals surface area contributed by atoms with Crippen molar-refractivity contribution in [2.45, 2.75) is 39.0 Å². The molecule has 0 saturated carbocycles. The van der Waals surface area contributed by atoms with Crippen molar-refractivity contribution in [3.05, 3.63) is 18.2 Å². The van der Waals surface area contributed by atoms with Crippen LogP contribution < -0.4 is 20.3 Å². The Kier molecular flexibility index (Phi) is 5.86. The second-order valence-corrected chi connectivity index (χ2v) is 7.14. The number of likely N-dealkylation sites (tertiary alicyclic amines) is 1. The number of amides is 3. The first-order valence-electron chi connectivity index (χ1n) is 9.34. The zero-order valence-corrected chi connectivity index (χ0v) is 16.3. The van der Waals surface area contributed by atoms with E-state index < -0.39 is 0 Å². The summed E-state index contributed by atoms with van der Waals surface area (Å²) >= 11 is 0. The van der Waals surface area contributed by atoms with E-state index in [4.69, 9.17) is 9.47 Å². The lowest BCUT2D eigenvalue weighted by Crippen LogP contribution is -2.45. The van der Waals surface area contributed by atoms with Crippen LogP contribution >= 0.6 is 0 Å². The van der Waals surface area contributed by atoms with Crippen LogP contribution in [0.25, 0.3) is 0 Å². The van der Waals surface area contributed by atoms with Crippen molar-refractivity contribution < 1.29 is 19.1 Å². The molecule has 0 radical (unpaired) electrons. The molecule has 3 rings (SSSR count). The number of methoxy groups -OCH3 is 1. The number of likely N-dealkylation sites (N-methyl/N-ethyl adjacent to an activating group) is 1. The van der Waals surface area contributed by atoms with Gasteiger partial charge in [0.25, 0.3) is 5.91 Å². The van der Waals surface area contributed by atoms with Gasteiger partial charge in [-0.25, -0.2) is 4.79 Å². The van der Waals surface area contributed by atoms with Crippen LogP contribution in [0.1, 0.15) is 20.8 Å². The molecule has 0 bridgehead atoms. The topological polar surface area (TPSA) is 83.1 Å². The van der Waals surface area contributed by atoms with Crippen LogP contribution in [0.3, 0.4) is 0 Å². The van der Waals surface area contributed by atoms with Crippen molar-refractivity contribution in [3.63, 3.8) is 0 Å². The summed E-state index contributed by atoms with van der Waals surface area (Å²) in [6, 6.07) is 5.33. The molecule has 2 aliphatic heterocycles. The minimum absolute atomic E-state index is 0.0386. The van der Waals surface area contributed by atoms with Gasteiger partial charge in [-0.05, 0) is 39.0 Å². The van der Waals surface area contributed by atoms with Crippen molar-refractivity contribution >= 4 is 23.3 Å². The van der Waals surface area contributed by atoms with Crippen molar-refractivity contribution in [1.29, 1.82) is 0 Å². The van der Waals surface area contributed by atoms with Gasteiger partial charge < -0.3 is 25.0 Å². The van der Waals surface area contributed by atoms with Gasteiger partial charge in [-0.2, -0.15) is 0 Å². The average Bonchev–Trinajstić information content (AvgIpc) is 3.04. The number of fused-ring (bicyclic) bond motifs is 1. The maximum absolute atomic E-state index is 12.5. The van der Waals surface area contributed by atoms with Gasteiger partial charge in [-0.15, -0.1) is 0 Å². The van der Waals surface area contributed by atoms with E-state index in [0.29, 0.717) is 29.7 Å². The molecule has 1 fully saturated rings. The minimum atomic E-state index is -0.293. The molecule has 0 spiro atoms. The molecule has 1 saturated heterocycles. The number of nitrogens with zero attached hydrogens (tertiary/aromatic N) is 2.